The van der Waals surface area contributed by atoms with Crippen LogP contribution in [0, 0.1) is 13.3 Å². The highest BCUT2D eigenvalue weighted by atomic mass is 35.5. The van der Waals surface area contributed by atoms with Gasteiger partial charge in [0.2, 0.25) is 0 Å². The second kappa shape index (κ2) is 31.1. The van der Waals surface area contributed by atoms with E-state index < -0.39 is 6.93 Å². The lowest BCUT2D eigenvalue weighted by Gasteiger charge is -1.39. The van der Waals surface area contributed by atoms with Crippen LogP contribution in [-0.2, 0) is 0 Å². The van der Waals surface area contributed by atoms with E-state index >= 15 is 0 Å². The molecule has 0 amide bonds. The van der Waals surface area contributed by atoms with Gasteiger partial charge in [-0.2, -0.15) is 0 Å². The zero-order valence-electron chi connectivity index (χ0n) is 2.42. The van der Waals surface area contributed by atoms with E-state index in [4.69, 9.17) is 0 Å². The lowest BCUT2D eigenvalue weighted by Crippen LogP contribution is -1.17. The second-order valence-electron chi connectivity index (χ2n) is 0.0825. The fourth-order valence-corrected chi connectivity index (χ4v) is 0. The molecule has 0 aromatic rings. The molecule has 5 heavy (non-hydrogen) atoms. The SMILES string of the molecule is F[CH]F.[CH2]Cl. The average molecular weight is 100 g/mol. The van der Waals surface area contributed by atoms with Gasteiger partial charge in [-0.25, -0.2) is 8.78 Å². The highest BCUT2D eigenvalue weighted by Crippen LogP contribution is 1.68. The van der Waals surface area contributed by atoms with Crippen molar-refractivity contribution < 1.29 is 8.78 Å². The van der Waals surface area contributed by atoms with Crippen molar-refractivity contribution in [2.24, 2.45) is 0 Å². The highest BCUT2D eigenvalue weighted by molar-refractivity contribution is 6.19. The Balaban J connectivity index is 0. The summed E-state index contributed by atoms with van der Waals surface area (Å²) in [6, 6.07) is 0. The predicted molar refractivity (Wildman–Crippen MR) is 17.7 cm³/mol. The van der Waals surface area contributed by atoms with E-state index in [1.54, 1.807) is 0 Å². The Labute approximate surface area is 34.7 Å². The Morgan fingerprint density at radius 1 is 1.40 bits per heavy atom. The molecule has 0 saturated heterocycles. The summed E-state index contributed by atoms with van der Waals surface area (Å²) >= 11 is 4.39. The molecular formula is C2H3ClF2. The van der Waals surface area contributed by atoms with Crippen LogP contribution < -0.4 is 0 Å². The van der Waals surface area contributed by atoms with Crippen molar-refractivity contribution in [1.29, 1.82) is 0 Å². The summed E-state index contributed by atoms with van der Waals surface area (Å²) in [5, 5.41) is 0. The molecular weight excluding hydrogens is 97.5 g/mol. The Hall–Kier alpha value is 0.150. The van der Waals surface area contributed by atoms with Gasteiger partial charge in [0.1, 0.15) is 0 Å². The Kier molecular flexibility index (Phi) is 55.7. The topological polar surface area (TPSA) is 0 Å². The van der Waals surface area contributed by atoms with Gasteiger partial charge in [-0.3, -0.25) is 0 Å². The van der Waals surface area contributed by atoms with E-state index in [2.05, 4.69) is 18.0 Å². The second-order valence-corrected chi connectivity index (χ2v) is 0.0825. The quantitative estimate of drug-likeness (QED) is 0.437. The minimum absolute atomic E-state index is 1.00. The molecule has 0 N–H and O–H groups in total. The van der Waals surface area contributed by atoms with Crippen LogP contribution in [0.3, 0.4) is 0 Å². The van der Waals surface area contributed by atoms with Gasteiger partial charge in [0.25, 0.3) is 6.93 Å². The largest absolute Gasteiger partial charge is 0.298 e. The normalized spacial score (nSPS) is 4.80. The molecule has 0 aromatic carbocycles. The number of hydrogen-bond acceptors (Lipinski definition) is 0. The maximum Gasteiger partial charge on any atom is 0.298 e. The standard InChI is InChI=1S/CH2Cl.CHF2/c1-2;2-1-3/h1H2;1H. The molecule has 0 bridgehead atoms. The summed E-state index contributed by atoms with van der Waals surface area (Å²) < 4.78 is 19.0. The van der Waals surface area contributed by atoms with Crippen molar-refractivity contribution >= 4 is 11.6 Å². The van der Waals surface area contributed by atoms with Gasteiger partial charge in [0.15, 0.2) is 0 Å². The van der Waals surface area contributed by atoms with Crippen molar-refractivity contribution in [2.75, 3.05) is 0 Å². The van der Waals surface area contributed by atoms with Gasteiger partial charge < -0.3 is 0 Å². The fraction of sp³-hybridized carbons (Fsp3) is 0. The first-order valence-electron chi connectivity index (χ1n) is 0.704. The molecule has 3 heteroatoms. The van der Waals surface area contributed by atoms with E-state index in [0.717, 1.165) is 0 Å². The molecule has 0 fully saturated rings. The van der Waals surface area contributed by atoms with Crippen LogP contribution in [-0.4, -0.2) is 0 Å². The molecule has 0 aliphatic carbocycles. The van der Waals surface area contributed by atoms with Crippen LogP contribution in [0.25, 0.3) is 0 Å². The lowest BCUT2D eigenvalue weighted by atomic mass is 11.7. The molecule has 0 rings (SSSR count). The van der Waals surface area contributed by atoms with Gasteiger partial charge in [-0.05, 0) is 0 Å². The summed E-state index contributed by atoms with van der Waals surface area (Å²) in [5.74, 6) is 0. The third kappa shape index (κ3) is 853. The van der Waals surface area contributed by atoms with Crippen LogP contribution >= 0.6 is 11.6 Å². The van der Waals surface area contributed by atoms with E-state index in [-0.39, 0.29) is 0 Å². The van der Waals surface area contributed by atoms with E-state index in [1.807, 2.05) is 0 Å². The van der Waals surface area contributed by atoms with Crippen molar-refractivity contribution in [3.05, 3.63) is 13.3 Å². The number of rotatable bonds is 0. The molecule has 2 radical (unpaired) electrons. The molecule has 0 unspecified atom stereocenters. The van der Waals surface area contributed by atoms with Crippen molar-refractivity contribution in [2.45, 2.75) is 0 Å². The van der Waals surface area contributed by atoms with Gasteiger partial charge >= 0.3 is 0 Å². The third-order valence-corrected chi connectivity index (χ3v) is 0. The van der Waals surface area contributed by atoms with E-state index in [1.165, 1.54) is 0 Å². The maximum absolute atomic E-state index is 9.50. The molecule has 0 spiro atoms. The minimum Gasteiger partial charge on any atom is -0.204 e. The van der Waals surface area contributed by atoms with Gasteiger partial charge in [-0.1, -0.05) is 0 Å². The first kappa shape index (κ1) is 8.94. The van der Waals surface area contributed by atoms with Gasteiger partial charge in [0.05, 0.1) is 0 Å². The van der Waals surface area contributed by atoms with E-state index in [9.17, 15) is 8.78 Å². The number of halogens is 3. The van der Waals surface area contributed by atoms with Gasteiger partial charge in [0, 0.05) is 6.38 Å². The molecule has 32 valence electrons. The Morgan fingerprint density at radius 2 is 1.40 bits per heavy atom. The Morgan fingerprint density at radius 3 is 1.40 bits per heavy atom. The highest BCUT2D eigenvalue weighted by Gasteiger charge is 1.48. The smallest absolute Gasteiger partial charge is 0.204 e. The zero-order valence-corrected chi connectivity index (χ0v) is 3.17. The molecule has 0 saturated carbocycles. The van der Waals surface area contributed by atoms with Crippen LogP contribution in [0.2, 0.25) is 0 Å². The van der Waals surface area contributed by atoms with Crippen molar-refractivity contribution in [3.63, 3.8) is 0 Å². The van der Waals surface area contributed by atoms with Gasteiger partial charge in [-0.15, -0.1) is 11.6 Å². The van der Waals surface area contributed by atoms with Crippen LogP contribution in [0.1, 0.15) is 0 Å². The first-order chi connectivity index (χ1) is 2.41. The molecule has 0 nitrogen and oxygen atoms in total. The predicted octanol–water partition coefficient (Wildman–Crippen LogP) is 2.06. The molecule has 0 aliphatic rings. The average Bonchev–Trinajstić information content (AvgIpc) is 1.46. The fourth-order valence-electron chi connectivity index (χ4n) is 0. The monoisotopic (exact) mass is 100.0 g/mol. The van der Waals surface area contributed by atoms with Crippen LogP contribution in [0.15, 0.2) is 0 Å². The summed E-state index contributed by atoms with van der Waals surface area (Å²) in [5.41, 5.74) is 0. The van der Waals surface area contributed by atoms with Crippen LogP contribution in [0.5, 0.6) is 0 Å². The van der Waals surface area contributed by atoms with Crippen molar-refractivity contribution in [3.8, 4) is 0 Å². The maximum atomic E-state index is 9.50. The van der Waals surface area contributed by atoms with Crippen LogP contribution in [0.4, 0.5) is 8.78 Å². The summed E-state index contributed by atoms with van der Waals surface area (Å²) in [6.07, 6.45) is 2.72. The zero-order chi connectivity index (χ0) is 4.71. The lowest BCUT2D eigenvalue weighted by molar-refractivity contribution is 0.404. The summed E-state index contributed by atoms with van der Waals surface area (Å²) in [7, 11) is 0. The molecule has 0 aliphatic heterocycles. The molecule has 0 heterocycles. The minimum atomic E-state index is -1.00. The molecule has 0 atom stereocenters. The number of hydrogen-bond donors (Lipinski definition) is 0. The first-order valence-corrected chi connectivity index (χ1v) is 1.24. The summed E-state index contributed by atoms with van der Waals surface area (Å²) in [6.45, 7) is -1.00. The molecule has 0 aromatic heterocycles. The summed E-state index contributed by atoms with van der Waals surface area (Å²) in [4.78, 5) is 0. The third-order valence-electron chi connectivity index (χ3n) is 0. The van der Waals surface area contributed by atoms with Crippen molar-refractivity contribution in [1.82, 2.24) is 0 Å². The van der Waals surface area contributed by atoms with E-state index in [0.29, 0.717) is 0 Å². The Bertz CT molecular complexity index is 7.61.